The zero-order valence-electron chi connectivity index (χ0n) is 12.5. The van der Waals surface area contributed by atoms with Crippen molar-refractivity contribution in [2.75, 3.05) is 41.7 Å². The first kappa shape index (κ1) is 15.1. The van der Waals surface area contributed by atoms with Crippen LogP contribution in [0, 0.1) is 0 Å². The van der Waals surface area contributed by atoms with Crippen molar-refractivity contribution in [2.24, 2.45) is 0 Å². The number of benzene rings is 1. The Morgan fingerprint density at radius 2 is 1.87 bits per heavy atom. The Hall–Kier alpha value is -1.50. The molecule has 2 N–H and O–H groups in total. The third-order valence-corrected chi connectivity index (χ3v) is 5.07. The second-order valence-electron chi connectivity index (χ2n) is 5.71. The van der Waals surface area contributed by atoms with Crippen LogP contribution in [0.15, 0.2) is 41.0 Å². The van der Waals surface area contributed by atoms with Gasteiger partial charge in [-0.3, -0.25) is 4.90 Å². The van der Waals surface area contributed by atoms with Gasteiger partial charge in [-0.15, -0.1) is 0 Å². The third-order valence-electron chi connectivity index (χ3n) is 4.28. The molecule has 120 valence electrons. The summed E-state index contributed by atoms with van der Waals surface area (Å²) in [5.74, 6) is 0.883. The van der Waals surface area contributed by atoms with E-state index in [4.69, 9.17) is 11.6 Å². The fraction of sp³-hybridized carbons (Fsp3) is 0.312. The first-order valence-corrected chi connectivity index (χ1v) is 8.80. The van der Waals surface area contributed by atoms with E-state index in [0.29, 0.717) is 0 Å². The maximum Gasteiger partial charge on any atom is 0.155 e. The van der Waals surface area contributed by atoms with Crippen molar-refractivity contribution in [3.63, 3.8) is 0 Å². The number of hydrogen-bond acceptors (Lipinski definition) is 5. The molecule has 5 nitrogen and oxygen atoms in total. The van der Waals surface area contributed by atoms with Crippen LogP contribution in [0.25, 0.3) is 0 Å². The van der Waals surface area contributed by atoms with E-state index >= 15 is 0 Å². The number of piperazine rings is 1. The second kappa shape index (κ2) is 6.19. The summed E-state index contributed by atoms with van der Waals surface area (Å²) in [6.45, 7) is 3.73. The maximum absolute atomic E-state index is 6.25. The molecule has 2 aliphatic rings. The molecule has 1 atom stereocenters. The molecule has 1 aromatic carbocycles. The van der Waals surface area contributed by atoms with Crippen LogP contribution in [0.5, 0.6) is 0 Å². The molecule has 0 bridgehead atoms. The van der Waals surface area contributed by atoms with Gasteiger partial charge in [0, 0.05) is 36.8 Å². The molecular weight excluding hydrogens is 378 g/mol. The SMILES string of the molecule is Clc1cccnc1N1CCN(C2Nc3ccc(Br)cc3N2)CC1. The monoisotopic (exact) mass is 393 g/mol. The van der Waals surface area contributed by atoms with Crippen molar-refractivity contribution < 1.29 is 0 Å². The minimum absolute atomic E-state index is 0.139. The molecule has 23 heavy (non-hydrogen) atoms. The van der Waals surface area contributed by atoms with Gasteiger partial charge in [-0.25, -0.2) is 4.98 Å². The summed E-state index contributed by atoms with van der Waals surface area (Å²) in [6.07, 6.45) is 1.93. The summed E-state index contributed by atoms with van der Waals surface area (Å²) in [6, 6.07) is 10.0. The topological polar surface area (TPSA) is 43.4 Å². The first-order valence-electron chi connectivity index (χ1n) is 7.63. The Kier molecular flexibility index (Phi) is 4.05. The fourth-order valence-corrected chi connectivity index (χ4v) is 3.68. The molecule has 2 aromatic rings. The highest BCUT2D eigenvalue weighted by Gasteiger charge is 2.29. The van der Waals surface area contributed by atoms with E-state index in [9.17, 15) is 0 Å². The molecule has 7 heteroatoms. The average Bonchev–Trinajstić information content (AvgIpc) is 2.98. The lowest BCUT2D eigenvalue weighted by molar-refractivity contribution is 0.223. The maximum atomic E-state index is 6.25. The van der Waals surface area contributed by atoms with Crippen LogP contribution in [-0.4, -0.2) is 42.4 Å². The Bertz CT molecular complexity index is 717. The van der Waals surface area contributed by atoms with E-state index in [0.717, 1.165) is 52.9 Å². The Morgan fingerprint density at radius 3 is 2.65 bits per heavy atom. The van der Waals surface area contributed by atoms with Gasteiger partial charge < -0.3 is 15.5 Å². The molecule has 1 aromatic heterocycles. The third kappa shape index (κ3) is 2.98. The number of hydrogen-bond donors (Lipinski definition) is 2. The van der Waals surface area contributed by atoms with Gasteiger partial charge in [-0.05, 0) is 30.3 Å². The van der Waals surface area contributed by atoms with Gasteiger partial charge in [0.2, 0.25) is 0 Å². The summed E-state index contributed by atoms with van der Waals surface area (Å²) in [5.41, 5.74) is 2.29. The lowest BCUT2D eigenvalue weighted by Gasteiger charge is -2.38. The van der Waals surface area contributed by atoms with E-state index in [1.807, 2.05) is 12.1 Å². The van der Waals surface area contributed by atoms with E-state index in [1.165, 1.54) is 0 Å². The second-order valence-corrected chi connectivity index (χ2v) is 7.04. The van der Waals surface area contributed by atoms with Gasteiger partial charge in [-0.1, -0.05) is 27.5 Å². The van der Waals surface area contributed by atoms with Gasteiger partial charge in [-0.2, -0.15) is 0 Å². The molecule has 0 radical (unpaired) electrons. The highest BCUT2D eigenvalue weighted by Crippen LogP contribution is 2.33. The highest BCUT2D eigenvalue weighted by molar-refractivity contribution is 9.10. The van der Waals surface area contributed by atoms with E-state index in [2.05, 4.69) is 59.5 Å². The summed E-state index contributed by atoms with van der Waals surface area (Å²) in [7, 11) is 0. The number of fused-ring (bicyclic) bond motifs is 1. The number of halogens is 2. The normalized spacial score (nSPS) is 20.8. The molecule has 0 saturated carbocycles. The smallest absolute Gasteiger partial charge is 0.155 e. The largest absolute Gasteiger partial charge is 0.353 e. The van der Waals surface area contributed by atoms with Crippen LogP contribution in [0.2, 0.25) is 5.02 Å². The van der Waals surface area contributed by atoms with Crippen molar-refractivity contribution >= 4 is 44.7 Å². The molecule has 0 spiro atoms. The number of pyridine rings is 1. The number of nitrogens with one attached hydrogen (secondary N) is 2. The van der Waals surface area contributed by atoms with Crippen molar-refractivity contribution in [3.05, 3.63) is 46.0 Å². The van der Waals surface area contributed by atoms with Gasteiger partial charge >= 0.3 is 0 Å². The fourth-order valence-electron chi connectivity index (χ4n) is 3.08. The molecule has 1 fully saturated rings. The molecule has 2 aliphatic heterocycles. The standard InChI is InChI=1S/C16H17BrClN5/c17-11-3-4-13-14(10-11)21-16(20-13)23-8-6-22(7-9-23)15-12(18)2-1-5-19-15/h1-5,10,16,20-21H,6-9H2. The zero-order chi connectivity index (χ0) is 15.8. The first-order chi connectivity index (χ1) is 11.2. The minimum Gasteiger partial charge on any atom is -0.353 e. The summed E-state index contributed by atoms with van der Waals surface area (Å²) in [5, 5.41) is 7.78. The van der Waals surface area contributed by atoms with E-state index in [-0.39, 0.29) is 6.29 Å². The van der Waals surface area contributed by atoms with Gasteiger partial charge in [0.15, 0.2) is 6.29 Å². The van der Waals surface area contributed by atoms with Crippen LogP contribution >= 0.6 is 27.5 Å². The number of rotatable bonds is 2. The Labute approximate surface area is 148 Å². The van der Waals surface area contributed by atoms with Gasteiger partial charge in [0.25, 0.3) is 0 Å². The molecule has 4 rings (SSSR count). The quantitative estimate of drug-likeness (QED) is 0.817. The molecule has 1 saturated heterocycles. The minimum atomic E-state index is 0.139. The van der Waals surface area contributed by atoms with Crippen LogP contribution in [0.4, 0.5) is 17.2 Å². The van der Waals surface area contributed by atoms with Crippen molar-refractivity contribution in [3.8, 4) is 0 Å². The van der Waals surface area contributed by atoms with Crippen molar-refractivity contribution in [1.29, 1.82) is 0 Å². The van der Waals surface area contributed by atoms with Crippen molar-refractivity contribution in [1.82, 2.24) is 9.88 Å². The van der Waals surface area contributed by atoms with E-state index < -0.39 is 0 Å². The van der Waals surface area contributed by atoms with Crippen LogP contribution in [0.3, 0.4) is 0 Å². The number of anilines is 3. The molecule has 0 aliphatic carbocycles. The molecular formula is C16H17BrClN5. The lowest BCUT2D eigenvalue weighted by atomic mass is 10.3. The Balaban J connectivity index is 1.40. The zero-order valence-corrected chi connectivity index (χ0v) is 14.8. The van der Waals surface area contributed by atoms with Gasteiger partial charge in [0.05, 0.1) is 16.4 Å². The summed E-state index contributed by atoms with van der Waals surface area (Å²) < 4.78 is 1.08. The Morgan fingerprint density at radius 1 is 1.09 bits per heavy atom. The number of nitrogens with zero attached hydrogens (tertiary/aromatic N) is 3. The van der Waals surface area contributed by atoms with Crippen LogP contribution in [-0.2, 0) is 0 Å². The predicted molar refractivity (Wildman–Crippen MR) is 98.2 cm³/mol. The van der Waals surface area contributed by atoms with Gasteiger partial charge in [0.1, 0.15) is 5.82 Å². The van der Waals surface area contributed by atoms with Crippen molar-refractivity contribution in [2.45, 2.75) is 6.29 Å². The van der Waals surface area contributed by atoms with Crippen LogP contribution in [0.1, 0.15) is 0 Å². The molecule has 0 amide bonds. The molecule has 3 heterocycles. The van der Waals surface area contributed by atoms with Crippen LogP contribution < -0.4 is 15.5 Å². The number of aromatic nitrogens is 1. The highest BCUT2D eigenvalue weighted by atomic mass is 79.9. The molecule has 1 unspecified atom stereocenters. The predicted octanol–water partition coefficient (Wildman–Crippen LogP) is 3.44. The van der Waals surface area contributed by atoms with E-state index in [1.54, 1.807) is 6.20 Å². The average molecular weight is 395 g/mol. The lowest BCUT2D eigenvalue weighted by Crippen LogP contribution is -2.54. The summed E-state index contributed by atoms with van der Waals surface area (Å²) in [4.78, 5) is 9.06. The summed E-state index contributed by atoms with van der Waals surface area (Å²) >= 11 is 9.76.